The van der Waals surface area contributed by atoms with Crippen molar-refractivity contribution in [2.75, 3.05) is 0 Å². The van der Waals surface area contributed by atoms with Crippen LogP contribution >= 0.6 is 27.3 Å². The molecule has 0 saturated carbocycles. The Kier molecular flexibility index (Phi) is 3.97. The summed E-state index contributed by atoms with van der Waals surface area (Å²) in [5.41, 5.74) is 7.95. The molecule has 2 N–H and O–H groups in total. The fourth-order valence-corrected chi connectivity index (χ4v) is 3.05. The van der Waals surface area contributed by atoms with Gasteiger partial charge in [-0.1, -0.05) is 22.0 Å². The monoisotopic (exact) mass is 313 g/mol. The lowest BCUT2D eigenvalue weighted by molar-refractivity contribution is 0.594. The van der Waals surface area contributed by atoms with Gasteiger partial charge in [0.2, 0.25) is 0 Å². The third-order valence-corrected chi connectivity index (χ3v) is 4.34. The summed E-state index contributed by atoms with van der Waals surface area (Å²) < 4.78 is 14.4. The zero-order valence-electron chi connectivity index (χ0n) is 9.41. The first-order valence-electron chi connectivity index (χ1n) is 5.31. The fourth-order valence-electron chi connectivity index (χ4n) is 1.78. The molecule has 90 valence electrons. The summed E-state index contributed by atoms with van der Waals surface area (Å²) in [5, 5.41) is 2.02. The van der Waals surface area contributed by atoms with Crippen LogP contribution in [0, 0.1) is 12.7 Å². The van der Waals surface area contributed by atoms with Crippen molar-refractivity contribution in [1.29, 1.82) is 0 Å². The Hall–Kier alpha value is -0.710. The predicted octanol–water partition coefficient (Wildman–Crippen LogP) is 4.20. The first-order chi connectivity index (χ1) is 8.08. The van der Waals surface area contributed by atoms with Gasteiger partial charge in [0.15, 0.2) is 0 Å². The molecule has 0 aliphatic carbocycles. The lowest BCUT2D eigenvalue weighted by Crippen LogP contribution is -2.13. The number of benzene rings is 1. The fraction of sp³-hybridized carbons (Fsp3) is 0.231. The highest BCUT2D eigenvalue weighted by Crippen LogP contribution is 2.26. The van der Waals surface area contributed by atoms with Crippen molar-refractivity contribution in [3.8, 4) is 0 Å². The van der Waals surface area contributed by atoms with E-state index in [1.165, 1.54) is 11.6 Å². The van der Waals surface area contributed by atoms with Gasteiger partial charge >= 0.3 is 0 Å². The molecule has 2 rings (SSSR count). The molecule has 0 aliphatic rings. The molecule has 0 fully saturated rings. The molecule has 17 heavy (non-hydrogen) atoms. The number of hydrogen-bond acceptors (Lipinski definition) is 2. The van der Waals surface area contributed by atoms with Crippen molar-refractivity contribution < 1.29 is 4.39 Å². The van der Waals surface area contributed by atoms with Gasteiger partial charge in [0, 0.05) is 15.4 Å². The number of rotatable bonds is 3. The Labute approximate surface area is 113 Å². The molecule has 2 aromatic rings. The van der Waals surface area contributed by atoms with Crippen LogP contribution in [0.5, 0.6) is 0 Å². The average molecular weight is 314 g/mol. The third-order valence-electron chi connectivity index (χ3n) is 2.69. The van der Waals surface area contributed by atoms with Gasteiger partial charge in [-0.25, -0.2) is 4.39 Å². The van der Waals surface area contributed by atoms with Crippen molar-refractivity contribution in [1.82, 2.24) is 0 Å². The number of aryl methyl sites for hydroxylation is 1. The minimum Gasteiger partial charge on any atom is -0.323 e. The van der Waals surface area contributed by atoms with Crippen molar-refractivity contribution >= 4 is 27.3 Å². The standard InChI is InChI=1S/C13H13BrFNS/c1-8-4-5-17-13(8)12(16)6-9-2-3-10(14)7-11(9)15/h2-5,7,12H,6,16H2,1H3. The zero-order valence-corrected chi connectivity index (χ0v) is 11.8. The van der Waals surface area contributed by atoms with E-state index in [0.717, 1.165) is 9.35 Å². The number of halogens is 2. The van der Waals surface area contributed by atoms with E-state index >= 15 is 0 Å². The predicted molar refractivity (Wildman–Crippen MR) is 73.8 cm³/mol. The Balaban J connectivity index is 2.19. The smallest absolute Gasteiger partial charge is 0.127 e. The van der Waals surface area contributed by atoms with Gasteiger partial charge < -0.3 is 5.73 Å². The highest BCUT2D eigenvalue weighted by Gasteiger charge is 2.13. The second-order valence-corrected chi connectivity index (χ2v) is 5.88. The summed E-state index contributed by atoms with van der Waals surface area (Å²) >= 11 is 4.87. The Morgan fingerprint density at radius 3 is 2.76 bits per heavy atom. The maximum absolute atomic E-state index is 13.7. The normalized spacial score (nSPS) is 12.7. The number of hydrogen-bond donors (Lipinski definition) is 1. The van der Waals surface area contributed by atoms with Gasteiger partial charge in [-0.15, -0.1) is 11.3 Å². The Bertz CT molecular complexity index is 524. The molecule has 0 radical (unpaired) electrons. The maximum atomic E-state index is 13.7. The van der Waals surface area contributed by atoms with Crippen molar-refractivity contribution in [2.24, 2.45) is 5.73 Å². The van der Waals surface area contributed by atoms with E-state index in [4.69, 9.17) is 5.73 Å². The van der Waals surface area contributed by atoms with Crippen molar-refractivity contribution in [3.63, 3.8) is 0 Å². The molecule has 0 spiro atoms. The lowest BCUT2D eigenvalue weighted by atomic mass is 10.0. The quantitative estimate of drug-likeness (QED) is 0.903. The molecule has 1 heterocycles. The van der Waals surface area contributed by atoms with Crippen LogP contribution in [0.15, 0.2) is 34.1 Å². The molecule has 0 bridgehead atoms. The molecule has 1 unspecified atom stereocenters. The molecular weight excluding hydrogens is 301 g/mol. The summed E-state index contributed by atoms with van der Waals surface area (Å²) in [6.45, 7) is 2.03. The summed E-state index contributed by atoms with van der Waals surface area (Å²) in [4.78, 5) is 1.13. The van der Waals surface area contributed by atoms with E-state index in [9.17, 15) is 4.39 Å². The summed E-state index contributed by atoms with van der Waals surface area (Å²) in [5.74, 6) is -0.205. The van der Waals surface area contributed by atoms with Gasteiger partial charge in [0.05, 0.1) is 0 Å². The topological polar surface area (TPSA) is 26.0 Å². The summed E-state index contributed by atoms with van der Waals surface area (Å²) in [7, 11) is 0. The highest BCUT2D eigenvalue weighted by atomic mass is 79.9. The minimum absolute atomic E-state index is 0.134. The largest absolute Gasteiger partial charge is 0.323 e. The molecule has 1 nitrogen and oxygen atoms in total. The molecule has 1 aromatic carbocycles. The second kappa shape index (κ2) is 5.29. The van der Waals surface area contributed by atoms with E-state index in [-0.39, 0.29) is 11.9 Å². The first-order valence-corrected chi connectivity index (χ1v) is 6.98. The highest BCUT2D eigenvalue weighted by molar-refractivity contribution is 9.10. The van der Waals surface area contributed by atoms with Crippen LogP contribution in [0.4, 0.5) is 4.39 Å². The van der Waals surface area contributed by atoms with Gasteiger partial charge in [0.1, 0.15) is 5.82 Å². The van der Waals surface area contributed by atoms with Gasteiger partial charge in [-0.2, -0.15) is 0 Å². The maximum Gasteiger partial charge on any atom is 0.127 e. The van der Waals surface area contributed by atoms with Crippen molar-refractivity contribution in [3.05, 3.63) is 55.9 Å². The summed E-state index contributed by atoms with van der Waals surface area (Å²) in [6, 6.07) is 7.00. The van der Waals surface area contributed by atoms with E-state index < -0.39 is 0 Å². The minimum atomic E-state index is -0.205. The average Bonchev–Trinajstić information content (AvgIpc) is 2.68. The van der Waals surface area contributed by atoms with Crippen molar-refractivity contribution in [2.45, 2.75) is 19.4 Å². The van der Waals surface area contributed by atoms with Crippen LogP contribution in [0.25, 0.3) is 0 Å². The number of nitrogens with two attached hydrogens (primary N) is 1. The molecule has 1 atom stereocenters. The van der Waals surface area contributed by atoms with Crippen LogP contribution in [0.2, 0.25) is 0 Å². The van der Waals surface area contributed by atoms with Crippen LogP contribution < -0.4 is 5.73 Å². The Morgan fingerprint density at radius 1 is 1.41 bits per heavy atom. The molecular formula is C13H13BrFNS. The second-order valence-electron chi connectivity index (χ2n) is 4.01. The van der Waals surface area contributed by atoms with Gasteiger partial charge in [-0.3, -0.25) is 0 Å². The molecule has 4 heteroatoms. The third kappa shape index (κ3) is 2.94. The van der Waals surface area contributed by atoms with E-state index in [1.807, 2.05) is 24.4 Å². The van der Waals surface area contributed by atoms with E-state index in [1.54, 1.807) is 17.4 Å². The number of thiophene rings is 1. The van der Waals surface area contributed by atoms with Gasteiger partial charge in [-0.05, 0) is 48.1 Å². The SMILES string of the molecule is Cc1ccsc1C(N)Cc1ccc(Br)cc1F. The first kappa shape index (κ1) is 12.7. The zero-order chi connectivity index (χ0) is 12.4. The Morgan fingerprint density at radius 2 is 2.18 bits per heavy atom. The lowest BCUT2D eigenvalue weighted by Gasteiger charge is -2.12. The summed E-state index contributed by atoms with van der Waals surface area (Å²) in [6.07, 6.45) is 0.528. The molecule has 0 aliphatic heterocycles. The molecule has 0 amide bonds. The van der Waals surface area contributed by atoms with E-state index in [0.29, 0.717) is 12.0 Å². The van der Waals surface area contributed by atoms with Crippen LogP contribution in [-0.4, -0.2) is 0 Å². The van der Waals surface area contributed by atoms with Crippen LogP contribution in [-0.2, 0) is 6.42 Å². The van der Waals surface area contributed by atoms with Crippen LogP contribution in [0.1, 0.15) is 22.0 Å². The van der Waals surface area contributed by atoms with E-state index in [2.05, 4.69) is 15.9 Å². The van der Waals surface area contributed by atoms with Gasteiger partial charge in [0.25, 0.3) is 0 Å². The molecule has 1 aromatic heterocycles. The molecule has 0 saturated heterocycles. The van der Waals surface area contributed by atoms with Crippen LogP contribution in [0.3, 0.4) is 0 Å².